The first-order valence-corrected chi connectivity index (χ1v) is 10.1. The van der Waals surface area contributed by atoms with Gasteiger partial charge in [-0.2, -0.15) is 0 Å². The average Bonchev–Trinajstić information content (AvgIpc) is 3.10. The number of hydrogen-bond donors (Lipinski definition) is 0. The molecule has 138 valence electrons. The Kier molecular flexibility index (Phi) is 6.93. The first-order chi connectivity index (χ1) is 11.7. The molecule has 3 rings (SSSR count). The highest BCUT2D eigenvalue weighted by Crippen LogP contribution is 2.19. The van der Waals surface area contributed by atoms with Crippen LogP contribution in [0.3, 0.4) is 0 Å². The van der Waals surface area contributed by atoms with E-state index in [0.717, 1.165) is 32.5 Å². The minimum Gasteiger partial charge on any atom is -0.342 e. The van der Waals surface area contributed by atoms with Gasteiger partial charge in [0.25, 0.3) is 0 Å². The number of carbonyl (C=O) groups is 1. The zero-order valence-electron chi connectivity index (χ0n) is 15.6. The third-order valence-electron chi connectivity index (χ3n) is 6.05. The fraction of sp³-hybridized carbons (Fsp3) is 0.947. The van der Waals surface area contributed by atoms with Gasteiger partial charge in [0.05, 0.1) is 0 Å². The van der Waals surface area contributed by atoms with Crippen LogP contribution in [0, 0.1) is 5.92 Å². The van der Waals surface area contributed by atoms with Gasteiger partial charge in [0.15, 0.2) is 0 Å². The molecule has 1 amide bonds. The number of nitrogens with zero attached hydrogens (tertiary/aromatic N) is 4. The molecule has 0 unspecified atom stereocenters. The Morgan fingerprint density at radius 1 is 0.917 bits per heavy atom. The maximum absolute atomic E-state index is 12.5. The molecule has 3 fully saturated rings. The van der Waals surface area contributed by atoms with E-state index in [9.17, 15) is 4.79 Å². The molecule has 0 bridgehead atoms. The third kappa shape index (κ3) is 5.43. The monoisotopic (exact) mass is 336 g/mol. The summed E-state index contributed by atoms with van der Waals surface area (Å²) in [5, 5.41) is 0. The van der Waals surface area contributed by atoms with Crippen molar-refractivity contribution >= 4 is 5.91 Å². The summed E-state index contributed by atoms with van der Waals surface area (Å²) in [5.41, 5.74) is 0. The van der Waals surface area contributed by atoms with Gasteiger partial charge in [0.1, 0.15) is 0 Å². The molecule has 0 radical (unpaired) electrons. The Morgan fingerprint density at radius 2 is 1.67 bits per heavy atom. The fourth-order valence-corrected chi connectivity index (χ4v) is 4.45. The van der Waals surface area contributed by atoms with Crippen molar-refractivity contribution in [1.29, 1.82) is 0 Å². The van der Waals surface area contributed by atoms with Crippen molar-refractivity contribution in [2.75, 3.05) is 72.5 Å². The maximum atomic E-state index is 12.5. The molecule has 3 heterocycles. The van der Waals surface area contributed by atoms with Crippen molar-refractivity contribution in [2.45, 2.75) is 38.5 Å². The lowest BCUT2D eigenvalue weighted by atomic mass is 9.96. The number of likely N-dealkylation sites (N-methyl/N-ethyl adjacent to an activating group) is 1. The Hall–Kier alpha value is -0.650. The van der Waals surface area contributed by atoms with Gasteiger partial charge in [-0.05, 0) is 64.7 Å². The number of likely N-dealkylation sites (tertiary alicyclic amines) is 2. The van der Waals surface area contributed by atoms with Crippen LogP contribution in [-0.4, -0.2) is 98.0 Å². The van der Waals surface area contributed by atoms with Crippen molar-refractivity contribution in [3.05, 3.63) is 0 Å². The molecule has 3 aliphatic rings. The van der Waals surface area contributed by atoms with E-state index in [-0.39, 0.29) is 0 Å². The molecule has 0 aliphatic carbocycles. The van der Waals surface area contributed by atoms with Gasteiger partial charge in [-0.15, -0.1) is 0 Å². The predicted molar refractivity (Wildman–Crippen MR) is 98.1 cm³/mol. The van der Waals surface area contributed by atoms with E-state index in [1.54, 1.807) is 0 Å². The summed E-state index contributed by atoms with van der Waals surface area (Å²) in [6, 6.07) is 0. The fourth-order valence-electron chi connectivity index (χ4n) is 4.45. The molecule has 5 nitrogen and oxygen atoms in total. The Labute approximate surface area is 147 Å². The van der Waals surface area contributed by atoms with E-state index in [4.69, 9.17) is 0 Å². The van der Waals surface area contributed by atoms with Crippen molar-refractivity contribution < 1.29 is 4.79 Å². The molecule has 0 aromatic rings. The van der Waals surface area contributed by atoms with Gasteiger partial charge in [-0.1, -0.05) is 0 Å². The van der Waals surface area contributed by atoms with E-state index in [2.05, 4.69) is 26.6 Å². The number of rotatable bonds is 6. The van der Waals surface area contributed by atoms with Gasteiger partial charge >= 0.3 is 0 Å². The molecule has 0 aromatic carbocycles. The number of carbonyl (C=O) groups excluding carboxylic acids is 1. The van der Waals surface area contributed by atoms with Gasteiger partial charge in [-0.25, -0.2) is 0 Å². The molecular formula is C19H36N4O. The van der Waals surface area contributed by atoms with Crippen LogP contribution < -0.4 is 0 Å². The van der Waals surface area contributed by atoms with E-state index < -0.39 is 0 Å². The highest BCUT2D eigenvalue weighted by atomic mass is 16.2. The zero-order chi connectivity index (χ0) is 16.8. The highest BCUT2D eigenvalue weighted by molar-refractivity contribution is 5.76. The lowest BCUT2D eigenvalue weighted by Crippen LogP contribution is -2.49. The molecule has 1 atom stereocenters. The highest BCUT2D eigenvalue weighted by Gasteiger charge is 2.26. The Balaban J connectivity index is 1.35. The third-order valence-corrected chi connectivity index (χ3v) is 6.05. The summed E-state index contributed by atoms with van der Waals surface area (Å²) in [6.45, 7) is 11.5. The zero-order valence-corrected chi connectivity index (χ0v) is 15.6. The van der Waals surface area contributed by atoms with Crippen molar-refractivity contribution in [2.24, 2.45) is 5.92 Å². The van der Waals surface area contributed by atoms with Crippen LogP contribution in [0.2, 0.25) is 0 Å². The number of amides is 1. The van der Waals surface area contributed by atoms with Crippen LogP contribution in [0.1, 0.15) is 38.5 Å². The SMILES string of the molecule is CN1CCN(C[C@@H]2CCCN(C(=O)CCCN3CCCC3)C2)CC1. The van der Waals surface area contributed by atoms with Gasteiger partial charge in [0.2, 0.25) is 5.91 Å². The number of hydrogen-bond acceptors (Lipinski definition) is 4. The molecular weight excluding hydrogens is 300 g/mol. The van der Waals surface area contributed by atoms with Crippen LogP contribution >= 0.6 is 0 Å². The predicted octanol–water partition coefficient (Wildman–Crippen LogP) is 1.35. The van der Waals surface area contributed by atoms with Crippen molar-refractivity contribution in [1.82, 2.24) is 19.6 Å². The standard InChI is InChI=1S/C19H36N4O/c1-20-12-14-22(15-13-20)16-18-6-4-11-23(17-18)19(24)7-5-10-21-8-2-3-9-21/h18H,2-17H2,1H3/t18-/m0/s1. The minimum absolute atomic E-state index is 0.400. The summed E-state index contributed by atoms with van der Waals surface area (Å²) < 4.78 is 0. The van der Waals surface area contributed by atoms with E-state index in [1.165, 1.54) is 71.5 Å². The van der Waals surface area contributed by atoms with E-state index in [0.29, 0.717) is 11.8 Å². The molecule has 3 aliphatic heterocycles. The van der Waals surface area contributed by atoms with Crippen LogP contribution in [0.15, 0.2) is 0 Å². The largest absolute Gasteiger partial charge is 0.342 e. The maximum Gasteiger partial charge on any atom is 0.222 e. The molecule has 0 spiro atoms. The average molecular weight is 337 g/mol. The second-order valence-corrected chi connectivity index (χ2v) is 8.10. The summed E-state index contributed by atoms with van der Waals surface area (Å²) in [7, 11) is 2.21. The quantitative estimate of drug-likeness (QED) is 0.732. The Morgan fingerprint density at radius 3 is 2.42 bits per heavy atom. The second-order valence-electron chi connectivity index (χ2n) is 8.10. The van der Waals surface area contributed by atoms with Gasteiger partial charge in [-0.3, -0.25) is 4.79 Å². The van der Waals surface area contributed by atoms with Crippen LogP contribution in [0.4, 0.5) is 0 Å². The topological polar surface area (TPSA) is 30.0 Å². The molecule has 0 saturated carbocycles. The summed E-state index contributed by atoms with van der Waals surface area (Å²) >= 11 is 0. The molecule has 0 N–H and O–H groups in total. The normalized spacial score (nSPS) is 27.7. The number of piperazine rings is 1. The second kappa shape index (κ2) is 9.16. The summed E-state index contributed by atoms with van der Waals surface area (Å²) in [5.74, 6) is 1.09. The Bertz CT molecular complexity index is 389. The molecule has 0 aromatic heterocycles. The van der Waals surface area contributed by atoms with Gasteiger partial charge < -0.3 is 19.6 Å². The molecule has 24 heavy (non-hydrogen) atoms. The van der Waals surface area contributed by atoms with E-state index >= 15 is 0 Å². The van der Waals surface area contributed by atoms with Gasteiger partial charge in [0, 0.05) is 52.2 Å². The van der Waals surface area contributed by atoms with Crippen LogP contribution in [0.25, 0.3) is 0 Å². The summed E-state index contributed by atoms with van der Waals surface area (Å²) in [6.07, 6.45) is 6.96. The van der Waals surface area contributed by atoms with Crippen molar-refractivity contribution in [3.63, 3.8) is 0 Å². The van der Waals surface area contributed by atoms with Crippen LogP contribution in [0.5, 0.6) is 0 Å². The number of piperidine rings is 1. The minimum atomic E-state index is 0.400. The molecule has 3 saturated heterocycles. The van der Waals surface area contributed by atoms with E-state index in [1.807, 2.05) is 0 Å². The lowest BCUT2D eigenvalue weighted by Gasteiger charge is -2.38. The molecule has 5 heteroatoms. The first-order valence-electron chi connectivity index (χ1n) is 10.1. The smallest absolute Gasteiger partial charge is 0.222 e. The summed E-state index contributed by atoms with van der Waals surface area (Å²) in [4.78, 5) is 22.2. The van der Waals surface area contributed by atoms with Crippen molar-refractivity contribution in [3.8, 4) is 0 Å². The first kappa shape index (κ1) is 18.2. The lowest BCUT2D eigenvalue weighted by molar-refractivity contribution is -0.133. The van der Waals surface area contributed by atoms with Crippen LogP contribution in [-0.2, 0) is 4.79 Å².